The van der Waals surface area contributed by atoms with Gasteiger partial charge in [-0.1, -0.05) is 11.6 Å². The molecule has 0 aliphatic heterocycles. The van der Waals surface area contributed by atoms with Crippen molar-refractivity contribution >= 4 is 32.9 Å². The summed E-state index contributed by atoms with van der Waals surface area (Å²) >= 11 is 5.81. The van der Waals surface area contributed by atoms with Crippen molar-refractivity contribution in [2.75, 3.05) is 6.26 Å². The molecule has 2 aromatic rings. The summed E-state index contributed by atoms with van der Waals surface area (Å²) < 4.78 is 23.9. The number of rotatable bonds is 3. The van der Waals surface area contributed by atoms with Crippen LogP contribution in [-0.4, -0.2) is 35.1 Å². The van der Waals surface area contributed by atoms with Crippen LogP contribution >= 0.6 is 11.6 Å². The average Bonchev–Trinajstić information content (AvgIpc) is 2.54. The van der Waals surface area contributed by atoms with E-state index in [1.54, 1.807) is 0 Å². The van der Waals surface area contributed by atoms with Crippen LogP contribution in [-0.2, 0) is 15.6 Å². The Kier molecular flexibility index (Phi) is 3.04. The first-order chi connectivity index (χ1) is 8.28. The molecule has 0 amide bonds. The van der Waals surface area contributed by atoms with Crippen LogP contribution in [0.15, 0.2) is 18.3 Å². The molecule has 0 radical (unpaired) electrons. The summed E-state index contributed by atoms with van der Waals surface area (Å²) in [4.78, 5) is 14.9. The van der Waals surface area contributed by atoms with Gasteiger partial charge in [0.15, 0.2) is 15.5 Å². The molecule has 0 fully saturated rings. The van der Waals surface area contributed by atoms with Crippen molar-refractivity contribution in [3.8, 4) is 0 Å². The molecule has 0 saturated carbocycles. The van der Waals surface area contributed by atoms with Gasteiger partial charge in [-0.15, -0.1) is 0 Å². The summed E-state index contributed by atoms with van der Waals surface area (Å²) in [6.45, 7) is 0. The molecule has 1 N–H and O–H groups in total. The van der Waals surface area contributed by atoms with Crippen LogP contribution in [0.25, 0.3) is 5.52 Å². The Labute approximate surface area is 108 Å². The van der Waals surface area contributed by atoms with Crippen LogP contribution in [0.5, 0.6) is 0 Å². The maximum absolute atomic E-state index is 11.3. The molecule has 0 atom stereocenters. The number of aromatic nitrogens is 2. The summed E-state index contributed by atoms with van der Waals surface area (Å²) in [5.74, 6) is -1.43. The number of sulfone groups is 1. The second-order valence-corrected chi connectivity index (χ2v) is 6.43. The zero-order valence-electron chi connectivity index (χ0n) is 9.29. The lowest BCUT2D eigenvalue weighted by molar-refractivity contribution is 0.0693. The summed E-state index contributed by atoms with van der Waals surface area (Å²) in [7, 11) is -3.31. The first-order valence-corrected chi connectivity index (χ1v) is 7.29. The molecule has 96 valence electrons. The highest BCUT2D eigenvalue weighted by Gasteiger charge is 2.19. The Hall–Kier alpha value is -1.60. The van der Waals surface area contributed by atoms with Gasteiger partial charge in [-0.05, 0) is 12.1 Å². The number of carboxylic acid groups (broad SMARTS) is 1. The van der Waals surface area contributed by atoms with Crippen LogP contribution in [0.1, 0.15) is 16.3 Å². The number of halogens is 1. The fraction of sp³-hybridized carbons (Fsp3) is 0.200. The Morgan fingerprint density at radius 1 is 1.50 bits per heavy atom. The van der Waals surface area contributed by atoms with Gasteiger partial charge in [0.2, 0.25) is 0 Å². The van der Waals surface area contributed by atoms with E-state index in [0.29, 0.717) is 10.5 Å². The standard InChI is InChI=1S/C10H9ClN2O4S/c1-18(16,17)5-8-12-9(10(14)15)7-3-2-6(11)4-13(7)8/h2-4H,5H2,1H3,(H,14,15). The van der Waals surface area contributed by atoms with E-state index in [0.717, 1.165) is 6.26 Å². The Balaban J connectivity index is 2.73. The van der Waals surface area contributed by atoms with Gasteiger partial charge in [-0.3, -0.25) is 0 Å². The molecule has 0 aliphatic rings. The first kappa shape index (κ1) is 12.8. The molecule has 0 unspecified atom stereocenters. The number of hydrogen-bond acceptors (Lipinski definition) is 4. The van der Waals surface area contributed by atoms with Gasteiger partial charge in [0.25, 0.3) is 0 Å². The predicted molar refractivity (Wildman–Crippen MR) is 65.7 cm³/mol. The second-order valence-electron chi connectivity index (χ2n) is 3.85. The molecule has 2 rings (SSSR count). The van der Waals surface area contributed by atoms with E-state index in [-0.39, 0.29) is 17.3 Å². The second kappa shape index (κ2) is 4.25. The number of imidazole rings is 1. The fourth-order valence-electron chi connectivity index (χ4n) is 1.62. The molecule has 0 aromatic carbocycles. The lowest BCUT2D eigenvalue weighted by atomic mass is 10.3. The van der Waals surface area contributed by atoms with E-state index in [1.165, 1.54) is 22.7 Å². The molecule has 6 nitrogen and oxygen atoms in total. The van der Waals surface area contributed by atoms with Crippen molar-refractivity contribution in [2.45, 2.75) is 5.75 Å². The third-order valence-electron chi connectivity index (χ3n) is 2.27. The van der Waals surface area contributed by atoms with Crippen LogP contribution in [0.2, 0.25) is 5.02 Å². The monoisotopic (exact) mass is 288 g/mol. The van der Waals surface area contributed by atoms with Crippen LogP contribution in [0.4, 0.5) is 0 Å². The van der Waals surface area contributed by atoms with Gasteiger partial charge in [0.1, 0.15) is 11.6 Å². The number of nitrogens with zero attached hydrogens (tertiary/aromatic N) is 2. The highest BCUT2D eigenvalue weighted by molar-refractivity contribution is 7.89. The van der Waals surface area contributed by atoms with Gasteiger partial charge < -0.3 is 9.51 Å². The van der Waals surface area contributed by atoms with E-state index in [1.807, 2.05) is 0 Å². The molecule has 8 heteroatoms. The smallest absolute Gasteiger partial charge is 0.356 e. The normalized spacial score (nSPS) is 11.9. The van der Waals surface area contributed by atoms with Crippen molar-refractivity contribution in [3.63, 3.8) is 0 Å². The van der Waals surface area contributed by atoms with Crippen LogP contribution < -0.4 is 0 Å². The maximum atomic E-state index is 11.3. The molecule has 0 saturated heterocycles. The third kappa shape index (κ3) is 2.46. The van der Waals surface area contributed by atoms with Gasteiger partial charge in [-0.25, -0.2) is 18.2 Å². The average molecular weight is 289 g/mol. The summed E-state index contributed by atoms with van der Waals surface area (Å²) in [5.41, 5.74) is 0.121. The van der Waals surface area contributed by atoms with E-state index in [2.05, 4.69) is 4.98 Å². The fourth-order valence-corrected chi connectivity index (χ4v) is 2.45. The van der Waals surface area contributed by atoms with Gasteiger partial charge in [0, 0.05) is 12.5 Å². The molecule has 2 aromatic heterocycles. The number of carboxylic acids is 1. The minimum Gasteiger partial charge on any atom is -0.476 e. The van der Waals surface area contributed by atoms with Crippen molar-refractivity contribution in [1.82, 2.24) is 9.38 Å². The van der Waals surface area contributed by atoms with Crippen molar-refractivity contribution in [1.29, 1.82) is 0 Å². The molecular formula is C10H9ClN2O4S. The lowest BCUT2D eigenvalue weighted by Crippen LogP contribution is -2.05. The van der Waals surface area contributed by atoms with Crippen LogP contribution in [0.3, 0.4) is 0 Å². The molecule has 2 heterocycles. The van der Waals surface area contributed by atoms with E-state index in [4.69, 9.17) is 16.7 Å². The molecule has 0 aliphatic carbocycles. The van der Waals surface area contributed by atoms with Gasteiger partial charge in [-0.2, -0.15) is 0 Å². The zero-order valence-corrected chi connectivity index (χ0v) is 10.9. The predicted octanol–water partition coefficient (Wildman–Crippen LogP) is 1.23. The van der Waals surface area contributed by atoms with Gasteiger partial charge in [0.05, 0.1) is 10.5 Å². The van der Waals surface area contributed by atoms with Crippen molar-refractivity contribution in [3.05, 3.63) is 34.9 Å². The largest absolute Gasteiger partial charge is 0.476 e. The minimum absolute atomic E-state index is 0.132. The molecule has 0 spiro atoms. The molecule has 18 heavy (non-hydrogen) atoms. The third-order valence-corrected chi connectivity index (χ3v) is 3.27. The first-order valence-electron chi connectivity index (χ1n) is 4.85. The summed E-state index contributed by atoms with van der Waals surface area (Å²) in [6, 6.07) is 3.01. The summed E-state index contributed by atoms with van der Waals surface area (Å²) in [6.07, 6.45) is 2.50. The van der Waals surface area contributed by atoms with E-state index < -0.39 is 15.8 Å². The number of hydrogen-bond donors (Lipinski definition) is 1. The quantitative estimate of drug-likeness (QED) is 0.917. The topological polar surface area (TPSA) is 88.7 Å². The lowest BCUT2D eigenvalue weighted by Gasteiger charge is -2.00. The summed E-state index contributed by atoms with van der Waals surface area (Å²) in [5, 5.41) is 9.37. The molecule has 0 bridgehead atoms. The SMILES string of the molecule is CS(=O)(=O)Cc1nc(C(=O)O)c2ccc(Cl)cn12. The van der Waals surface area contributed by atoms with Crippen LogP contribution in [0, 0.1) is 0 Å². The number of fused-ring (bicyclic) bond motifs is 1. The van der Waals surface area contributed by atoms with Crippen molar-refractivity contribution < 1.29 is 18.3 Å². The Bertz CT molecular complexity index is 736. The zero-order chi connectivity index (χ0) is 13.5. The number of pyridine rings is 1. The minimum atomic E-state index is -3.31. The number of aromatic carboxylic acids is 1. The van der Waals surface area contributed by atoms with Crippen molar-refractivity contribution in [2.24, 2.45) is 0 Å². The van der Waals surface area contributed by atoms with E-state index in [9.17, 15) is 13.2 Å². The van der Waals surface area contributed by atoms with E-state index >= 15 is 0 Å². The number of carbonyl (C=O) groups is 1. The maximum Gasteiger partial charge on any atom is 0.356 e. The Morgan fingerprint density at radius 2 is 2.17 bits per heavy atom. The van der Waals surface area contributed by atoms with Gasteiger partial charge >= 0.3 is 5.97 Å². The molecular weight excluding hydrogens is 280 g/mol. The Morgan fingerprint density at radius 3 is 2.72 bits per heavy atom. The highest BCUT2D eigenvalue weighted by Crippen LogP contribution is 2.18. The highest BCUT2D eigenvalue weighted by atomic mass is 35.5.